The molecule has 0 aliphatic carbocycles. The molecule has 0 aliphatic rings. The summed E-state index contributed by atoms with van der Waals surface area (Å²) in [5, 5.41) is 20.8. The minimum Gasteiger partial charge on any atom is -0.388 e. The molecular weight excluding hydrogens is 260 g/mol. The highest BCUT2D eigenvalue weighted by Gasteiger charge is 2.15. The van der Waals surface area contributed by atoms with Gasteiger partial charge in [0.15, 0.2) is 0 Å². The van der Waals surface area contributed by atoms with Crippen molar-refractivity contribution in [3.63, 3.8) is 0 Å². The zero-order valence-corrected chi connectivity index (χ0v) is 11.5. The van der Waals surface area contributed by atoms with E-state index in [1.807, 2.05) is 31.2 Å². The van der Waals surface area contributed by atoms with Gasteiger partial charge in [-0.15, -0.1) is 0 Å². The molecule has 2 atom stereocenters. The van der Waals surface area contributed by atoms with Gasteiger partial charge in [-0.2, -0.15) is 0 Å². The van der Waals surface area contributed by atoms with E-state index in [0.29, 0.717) is 5.02 Å². The van der Waals surface area contributed by atoms with E-state index in [-0.39, 0.29) is 6.42 Å². The molecule has 2 aromatic rings. The van der Waals surface area contributed by atoms with Crippen LogP contribution in [-0.4, -0.2) is 10.2 Å². The van der Waals surface area contributed by atoms with Gasteiger partial charge in [-0.05, 0) is 30.2 Å². The van der Waals surface area contributed by atoms with Crippen molar-refractivity contribution in [2.75, 3.05) is 0 Å². The molecule has 19 heavy (non-hydrogen) atoms. The molecule has 0 heterocycles. The fourth-order valence-electron chi connectivity index (χ4n) is 1.96. The van der Waals surface area contributed by atoms with E-state index in [1.165, 1.54) is 0 Å². The molecule has 2 aromatic carbocycles. The predicted molar refractivity (Wildman–Crippen MR) is 77.2 cm³/mol. The Hall–Kier alpha value is -1.35. The van der Waals surface area contributed by atoms with E-state index >= 15 is 0 Å². The number of aryl methyl sites for hydroxylation is 1. The van der Waals surface area contributed by atoms with Crippen molar-refractivity contribution in [2.45, 2.75) is 25.6 Å². The topological polar surface area (TPSA) is 40.5 Å². The first-order valence-electron chi connectivity index (χ1n) is 6.24. The average molecular weight is 277 g/mol. The predicted octanol–water partition coefficient (Wildman–Crippen LogP) is 3.81. The molecule has 100 valence electrons. The summed E-state index contributed by atoms with van der Waals surface area (Å²) in [6.45, 7) is 2.00. The zero-order chi connectivity index (χ0) is 13.8. The molecule has 0 amide bonds. The van der Waals surface area contributed by atoms with Crippen LogP contribution in [0.2, 0.25) is 5.02 Å². The molecule has 0 fully saturated rings. The molecule has 3 heteroatoms. The smallest absolute Gasteiger partial charge is 0.0818 e. The summed E-state index contributed by atoms with van der Waals surface area (Å²) in [7, 11) is 0. The number of aliphatic hydroxyl groups is 2. The van der Waals surface area contributed by atoms with Crippen LogP contribution in [0.4, 0.5) is 0 Å². The van der Waals surface area contributed by atoms with Crippen molar-refractivity contribution in [3.05, 3.63) is 70.2 Å². The van der Waals surface area contributed by atoms with Crippen molar-refractivity contribution in [2.24, 2.45) is 0 Å². The number of hydrogen-bond donors (Lipinski definition) is 2. The number of benzene rings is 2. The Kier molecular flexibility index (Phi) is 4.59. The summed E-state index contributed by atoms with van der Waals surface area (Å²) >= 11 is 5.80. The summed E-state index contributed by atoms with van der Waals surface area (Å²) in [5.41, 5.74) is 2.73. The average Bonchev–Trinajstić information content (AvgIpc) is 2.40. The van der Waals surface area contributed by atoms with Gasteiger partial charge in [-0.3, -0.25) is 0 Å². The highest BCUT2D eigenvalue weighted by atomic mass is 35.5. The van der Waals surface area contributed by atoms with Crippen LogP contribution >= 0.6 is 11.6 Å². The molecule has 0 aromatic heterocycles. The fraction of sp³-hybridized carbons (Fsp3) is 0.250. The molecule has 0 bridgehead atoms. The molecule has 0 radical (unpaired) electrons. The molecule has 0 aliphatic heterocycles. The fourth-order valence-corrected chi connectivity index (χ4v) is 2.08. The summed E-state index contributed by atoms with van der Waals surface area (Å²) in [6, 6.07) is 14.7. The molecule has 0 saturated heterocycles. The van der Waals surface area contributed by atoms with Crippen LogP contribution in [-0.2, 0) is 0 Å². The van der Waals surface area contributed by atoms with E-state index in [2.05, 4.69) is 0 Å². The Morgan fingerprint density at radius 2 is 1.26 bits per heavy atom. The molecule has 0 spiro atoms. The van der Waals surface area contributed by atoms with Crippen molar-refractivity contribution in [1.29, 1.82) is 0 Å². The second-order valence-electron chi connectivity index (χ2n) is 4.73. The Balaban J connectivity index is 2.03. The Morgan fingerprint density at radius 3 is 1.74 bits per heavy atom. The summed E-state index contributed by atoms with van der Waals surface area (Å²) in [6.07, 6.45) is -1.11. The van der Waals surface area contributed by atoms with Gasteiger partial charge in [0.1, 0.15) is 0 Å². The summed E-state index contributed by atoms with van der Waals surface area (Å²) in [4.78, 5) is 0. The molecule has 2 nitrogen and oxygen atoms in total. The lowest BCUT2D eigenvalue weighted by Crippen LogP contribution is -2.05. The van der Waals surface area contributed by atoms with E-state index < -0.39 is 12.2 Å². The van der Waals surface area contributed by atoms with Gasteiger partial charge in [0.05, 0.1) is 12.2 Å². The SMILES string of the molecule is Cc1ccc([C@@H](O)C[C@H](O)c2ccc(Cl)cc2)cc1. The van der Waals surface area contributed by atoms with E-state index in [4.69, 9.17) is 11.6 Å². The molecule has 2 N–H and O–H groups in total. The third kappa shape index (κ3) is 3.80. The first-order chi connectivity index (χ1) is 9.06. The van der Waals surface area contributed by atoms with E-state index in [9.17, 15) is 10.2 Å². The molecule has 0 unspecified atom stereocenters. The quantitative estimate of drug-likeness (QED) is 0.892. The maximum Gasteiger partial charge on any atom is 0.0818 e. The standard InChI is InChI=1S/C16H17ClO2/c1-11-2-4-12(5-3-11)15(18)10-16(19)13-6-8-14(17)9-7-13/h2-9,15-16,18-19H,10H2,1H3/t15-,16-/m0/s1. The maximum atomic E-state index is 10.1. The minimum absolute atomic E-state index is 0.269. The van der Waals surface area contributed by atoms with Crippen molar-refractivity contribution >= 4 is 11.6 Å². The van der Waals surface area contributed by atoms with Gasteiger partial charge >= 0.3 is 0 Å². The van der Waals surface area contributed by atoms with Gasteiger partial charge in [0, 0.05) is 11.4 Å². The van der Waals surface area contributed by atoms with Gasteiger partial charge < -0.3 is 10.2 Å². The highest BCUT2D eigenvalue weighted by Crippen LogP contribution is 2.27. The van der Waals surface area contributed by atoms with Crippen LogP contribution in [0.1, 0.15) is 35.3 Å². The van der Waals surface area contributed by atoms with Crippen LogP contribution < -0.4 is 0 Å². The zero-order valence-electron chi connectivity index (χ0n) is 10.8. The van der Waals surface area contributed by atoms with Gasteiger partial charge in [-0.25, -0.2) is 0 Å². The number of aliphatic hydroxyl groups excluding tert-OH is 2. The van der Waals surface area contributed by atoms with E-state index in [0.717, 1.165) is 16.7 Å². The molecular formula is C16H17ClO2. The van der Waals surface area contributed by atoms with Crippen molar-refractivity contribution in [3.8, 4) is 0 Å². The van der Waals surface area contributed by atoms with Crippen LogP contribution in [0.3, 0.4) is 0 Å². The first-order valence-corrected chi connectivity index (χ1v) is 6.62. The van der Waals surface area contributed by atoms with Crippen molar-refractivity contribution < 1.29 is 10.2 Å². The molecule has 0 saturated carbocycles. The largest absolute Gasteiger partial charge is 0.388 e. The lowest BCUT2D eigenvalue weighted by molar-refractivity contribution is 0.0804. The van der Waals surface area contributed by atoms with Gasteiger partial charge in [0.25, 0.3) is 0 Å². The van der Waals surface area contributed by atoms with Crippen LogP contribution in [0.5, 0.6) is 0 Å². The second kappa shape index (κ2) is 6.20. The Bertz CT molecular complexity index is 470. The Morgan fingerprint density at radius 1 is 0.842 bits per heavy atom. The lowest BCUT2D eigenvalue weighted by atomic mass is 9.98. The Labute approximate surface area is 118 Å². The number of halogens is 1. The van der Waals surface area contributed by atoms with Crippen LogP contribution in [0.15, 0.2) is 48.5 Å². The number of rotatable bonds is 4. The summed E-state index contributed by atoms with van der Waals surface area (Å²) < 4.78 is 0. The van der Waals surface area contributed by atoms with E-state index in [1.54, 1.807) is 24.3 Å². The van der Waals surface area contributed by atoms with Gasteiger partial charge in [0.2, 0.25) is 0 Å². The summed E-state index contributed by atoms with van der Waals surface area (Å²) in [5.74, 6) is 0. The molecule has 2 rings (SSSR count). The third-order valence-corrected chi connectivity index (χ3v) is 3.42. The van der Waals surface area contributed by atoms with Gasteiger partial charge in [-0.1, -0.05) is 53.6 Å². The first kappa shape index (κ1) is 14.1. The normalized spacial score (nSPS) is 14.1. The highest BCUT2D eigenvalue weighted by molar-refractivity contribution is 6.30. The second-order valence-corrected chi connectivity index (χ2v) is 5.17. The minimum atomic E-state index is -0.700. The third-order valence-electron chi connectivity index (χ3n) is 3.16. The number of hydrogen-bond acceptors (Lipinski definition) is 2. The monoisotopic (exact) mass is 276 g/mol. The maximum absolute atomic E-state index is 10.1. The van der Waals surface area contributed by atoms with Crippen LogP contribution in [0.25, 0.3) is 0 Å². The van der Waals surface area contributed by atoms with Crippen molar-refractivity contribution in [1.82, 2.24) is 0 Å². The van der Waals surface area contributed by atoms with Crippen LogP contribution in [0, 0.1) is 6.92 Å². The lowest BCUT2D eigenvalue weighted by Gasteiger charge is -2.16.